The molecule has 1 aliphatic carbocycles. The van der Waals surface area contributed by atoms with Crippen LogP contribution in [0, 0.1) is 0 Å². The molecule has 0 N–H and O–H groups in total. The van der Waals surface area contributed by atoms with E-state index in [9.17, 15) is 0 Å². The minimum absolute atomic E-state index is 0.491. The molecular formula is C11H15NO. The van der Waals surface area contributed by atoms with Crippen molar-refractivity contribution in [3.63, 3.8) is 0 Å². The summed E-state index contributed by atoms with van der Waals surface area (Å²) in [4.78, 5) is 2.08. The fraction of sp³-hybridized carbons (Fsp3) is 0.455. The average Bonchev–Trinajstić information content (AvgIpc) is 2.89. The largest absolute Gasteiger partial charge is 0.490 e. The summed E-state index contributed by atoms with van der Waals surface area (Å²) in [5.41, 5.74) is 1.21. The molecule has 2 heteroatoms. The Bertz CT molecular complexity index is 275. The predicted octanol–water partition coefficient (Wildman–Crippen LogP) is 2.29. The van der Waals surface area contributed by atoms with Gasteiger partial charge in [0.05, 0.1) is 6.10 Å². The summed E-state index contributed by atoms with van der Waals surface area (Å²) in [5, 5.41) is 0. The molecule has 1 saturated carbocycles. The molecule has 1 aliphatic rings. The van der Waals surface area contributed by atoms with Gasteiger partial charge in [-0.05, 0) is 37.1 Å². The Morgan fingerprint density at radius 3 is 2.23 bits per heavy atom. The van der Waals surface area contributed by atoms with Crippen LogP contribution in [0.2, 0.25) is 0 Å². The molecule has 1 aromatic rings. The van der Waals surface area contributed by atoms with Crippen LogP contribution in [-0.2, 0) is 0 Å². The van der Waals surface area contributed by atoms with Crippen molar-refractivity contribution in [1.29, 1.82) is 0 Å². The molecule has 2 nitrogen and oxygen atoms in total. The van der Waals surface area contributed by atoms with E-state index in [0.29, 0.717) is 6.10 Å². The first-order chi connectivity index (χ1) is 6.25. The second-order valence-electron chi connectivity index (χ2n) is 3.71. The van der Waals surface area contributed by atoms with Crippen LogP contribution in [0.5, 0.6) is 5.75 Å². The number of nitrogens with zero attached hydrogens (tertiary/aromatic N) is 1. The zero-order valence-corrected chi connectivity index (χ0v) is 8.16. The number of hydrogen-bond acceptors (Lipinski definition) is 2. The Morgan fingerprint density at radius 2 is 1.77 bits per heavy atom. The van der Waals surface area contributed by atoms with E-state index in [0.717, 1.165) is 5.75 Å². The summed E-state index contributed by atoms with van der Waals surface area (Å²) in [6.45, 7) is 0. The number of ether oxygens (including phenoxy) is 1. The van der Waals surface area contributed by atoms with E-state index in [2.05, 4.69) is 17.0 Å². The predicted molar refractivity (Wildman–Crippen MR) is 54.4 cm³/mol. The lowest BCUT2D eigenvalue weighted by atomic mass is 10.3. The molecule has 1 aromatic carbocycles. The molecule has 70 valence electrons. The van der Waals surface area contributed by atoms with Gasteiger partial charge in [-0.1, -0.05) is 0 Å². The number of benzene rings is 1. The van der Waals surface area contributed by atoms with Crippen LogP contribution in [-0.4, -0.2) is 20.2 Å². The Balaban J connectivity index is 2.04. The van der Waals surface area contributed by atoms with Crippen LogP contribution in [0.3, 0.4) is 0 Å². The Labute approximate surface area is 79.1 Å². The van der Waals surface area contributed by atoms with Gasteiger partial charge in [0.2, 0.25) is 0 Å². The lowest BCUT2D eigenvalue weighted by Crippen LogP contribution is -2.08. The summed E-state index contributed by atoms with van der Waals surface area (Å²) in [7, 11) is 4.08. The van der Waals surface area contributed by atoms with E-state index in [-0.39, 0.29) is 0 Å². The van der Waals surface area contributed by atoms with Gasteiger partial charge in [-0.15, -0.1) is 0 Å². The Hall–Kier alpha value is -1.18. The molecule has 0 amide bonds. The standard InChI is InChI=1S/C11H15NO/c1-12(2)9-3-5-10(6-4-9)13-11-7-8-11/h3-6,11H,7-8H2,1-2H3. The highest BCUT2D eigenvalue weighted by Gasteiger charge is 2.23. The van der Waals surface area contributed by atoms with E-state index in [1.807, 2.05) is 26.2 Å². The molecule has 13 heavy (non-hydrogen) atoms. The molecule has 2 rings (SSSR count). The molecule has 0 spiro atoms. The molecular weight excluding hydrogens is 162 g/mol. The normalized spacial score (nSPS) is 15.5. The highest BCUT2D eigenvalue weighted by Crippen LogP contribution is 2.27. The topological polar surface area (TPSA) is 12.5 Å². The number of anilines is 1. The number of hydrogen-bond donors (Lipinski definition) is 0. The SMILES string of the molecule is CN(C)c1ccc(OC2CC2)cc1. The second kappa shape index (κ2) is 3.29. The minimum Gasteiger partial charge on any atom is -0.490 e. The lowest BCUT2D eigenvalue weighted by molar-refractivity contribution is 0.303. The van der Waals surface area contributed by atoms with Crippen molar-refractivity contribution in [2.45, 2.75) is 18.9 Å². The average molecular weight is 177 g/mol. The summed E-state index contributed by atoms with van der Waals surface area (Å²) < 4.78 is 5.64. The first-order valence-electron chi connectivity index (χ1n) is 4.70. The van der Waals surface area contributed by atoms with Crippen LogP contribution in [0.15, 0.2) is 24.3 Å². The first kappa shape index (κ1) is 8.42. The van der Waals surface area contributed by atoms with Gasteiger partial charge in [0.25, 0.3) is 0 Å². The summed E-state index contributed by atoms with van der Waals surface area (Å²) in [6.07, 6.45) is 2.93. The molecule has 0 saturated heterocycles. The van der Waals surface area contributed by atoms with Crippen molar-refractivity contribution < 1.29 is 4.74 Å². The van der Waals surface area contributed by atoms with Gasteiger partial charge < -0.3 is 9.64 Å². The Morgan fingerprint density at radius 1 is 1.15 bits per heavy atom. The molecule has 0 bridgehead atoms. The van der Waals surface area contributed by atoms with E-state index in [1.165, 1.54) is 18.5 Å². The second-order valence-corrected chi connectivity index (χ2v) is 3.71. The molecule has 0 unspecified atom stereocenters. The van der Waals surface area contributed by atoms with E-state index >= 15 is 0 Å². The quantitative estimate of drug-likeness (QED) is 0.702. The lowest BCUT2D eigenvalue weighted by Gasteiger charge is -2.12. The molecule has 0 heterocycles. The summed E-state index contributed by atoms with van der Waals surface area (Å²) >= 11 is 0. The highest BCUT2D eigenvalue weighted by molar-refractivity contribution is 5.47. The molecule has 0 aromatic heterocycles. The highest BCUT2D eigenvalue weighted by atomic mass is 16.5. The smallest absolute Gasteiger partial charge is 0.119 e. The molecule has 0 atom stereocenters. The van der Waals surface area contributed by atoms with Crippen LogP contribution in [0.4, 0.5) is 5.69 Å². The zero-order valence-electron chi connectivity index (χ0n) is 8.16. The first-order valence-corrected chi connectivity index (χ1v) is 4.70. The fourth-order valence-corrected chi connectivity index (χ4v) is 1.20. The maximum absolute atomic E-state index is 5.64. The van der Waals surface area contributed by atoms with Crippen LogP contribution < -0.4 is 9.64 Å². The third-order valence-electron chi connectivity index (χ3n) is 2.18. The van der Waals surface area contributed by atoms with E-state index < -0.39 is 0 Å². The van der Waals surface area contributed by atoms with Crippen molar-refractivity contribution in [1.82, 2.24) is 0 Å². The molecule has 0 radical (unpaired) electrons. The van der Waals surface area contributed by atoms with Gasteiger partial charge in [-0.2, -0.15) is 0 Å². The van der Waals surface area contributed by atoms with Gasteiger partial charge >= 0.3 is 0 Å². The third kappa shape index (κ3) is 2.14. The van der Waals surface area contributed by atoms with Crippen molar-refractivity contribution in [2.24, 2.45) is 0 Å². The minimum atomic E-state index is 0.491. The summed E-state index contributed by atoms with van der Waals surface area (Å²) in [6, 6.07) is 8.23. The fourth-order valence-electron chi connectivity index (χ4n) is 1.20. The van der Waals surface area contributed by atoms with Gasteiger partial charge in [-0.3, -0.25) is 0 Å². The number of rotatable bonds is 3. The molecule has 1 fully saturated rings. The monoisotopic (exact) mass is 177 g/mol. The maximum atomic E-state index is 5.64. The van der Waals surface area contributed by atoms with Gasteiger partial charge in [0, 0.05) is 19.8 Å². The zero-order chi connectivity index (χ0) is 9.26. The van der Waals surface area contributed by atoms with Crippen molar-refractivity contribution in [2.75, 3.05) is 19.0 Å². The van der Waals surface area contributed by atoms with Crippen LogP contribution in [0.1, 0.15) is 12.8 Å². The van der Waals surface area contributed by atoms with Gasteiger partial charge in [0.15, 0.2) is 0 Å². The van der Waals surface area contributed by atoms with E-state index in [4.69, 9.17) is 4.74 Å². The van der Waals surface area contributed by atoms with E-state index in [1.54, 1.807) is 0 Å². The van der Waals surface area contributed by atoms with Crippen LogP contribution >= 0.6 is 0 Å². The third-order valence-corrected chi connectivity index (χ3v) is 2.18. The Kier molecular flexibility index (Phi) is 2.13. The van der Waals surface area contributed by atoms with Crippen LogP contribution in [0.25, 0.3) is 0 Å². The van der Waals surface area contributed by atoms with Gasteiger partial charge in [-0.25, -0.2) is 0 Å². The summed E-state index contributed by atoms with van der Waals surface area (Å²) in [5.74, 6) is 0.994. The van der Waals surface area contributed by atoms with Crippen molar-refractivity contribution in [3.05, 3.63) is 24.3 Å². The van der Waals surface area contributed by atoms with Crippen molar-refractivity contribution >= 4 is 5.69 Å². The molecule has 0 aliphatic heterocycles. The van der Waals surface area contributed by atoms with Crippen molar-refractivity contribution in [3.8, 4) is 5.75 Å². The van der Waals surface area contributed by atoms with Gasteiger partial charge in [0.1, 0.15) is 5.75 Å². The maximum Gasteiger partial charge on any atom is 0.119 e.